The second kappa shape index (κ2) is 6.95. The first-order valence-corrected chi connectivity index (χ1v) is 9.86. The molecule has 0 aliphatic carbocycles. The number of Topliss-reactive ketones (excluding diaryl/α,β-unsaturated/α-hetero) is 1. The average Bonchev–Trinajstić information content (AvgIpc) is 3.34. The molecule has 0 bridgehead atoms. The van der Waals surface area contributed by atoms with Gasteiger partial charge in [-0.2, -0.15) is 0 Å². The molecule has 2 fully saturated rings. The number of ketones is 1. The number of likely N-dealkylation sites (tertiary alicyclic amines) is 1. The summed E-state index contributed by atoms with van der Waals surface area (Å²) in [5.41, 5.74) is 0.466. The largest absolute Gasteiger partial charge is 0.367 e. The molecule has 0 radical (unpaired) electrons. The highest BCUT2D eigenvalue weighted by molar-refractivity contribution is 5.99. The standard InChI is InChI=1S/C21H26N4O4/c1-12-10-25(16-14(26)11-29-17(12)16)20(28)18(21(2,3)4)23-19(27)13-9-22-15-7-5-6-8-24(13)15/h5-9,12,16-18H,10-11H2,1-4H3,(H,23,27)/t12-,16+,17+,18+/m0/s1. The molecule has 154 valence electrons. The van der Waals surface area contributed by atoms with Crippen LogP contribution in [0.5, 0.6) is 0 Å². The minimum atomic E-state index is -0.788. The molecule has 29 heavy (non-hydrogen) atoms. The zero-order valence-corrected chi connectivity index (χ0v) is 17.1. The highest BCUT2D eigenvalue weighted by Gasteiger charge is 2.52. The Morgan fingerprint density at radius 1 is 1.31 bits per heavy atom. The molecule has 2 aliphatic heterocycles. The van der Waals surface area contributed by atoms with Gasteiger partial charge >= 0.3 is 0 Å². The van der Waals surface area contributed by atoms with Gasteiger partial charge in [0.15, 0.2) is 5.78 Å². The van der Waals surface area contributed by atoms with Crippen LogP contribution >= 0.6 is 0 Å². The predicted octanol–water partition coefficient (Wildman–Crippen LogP) is 1.29. The van der Waals surface area contributed by atoms with Crippen molar-refractivity contribution in [2.75, 3.05) is 13.2 Å². The second-order valence-corrected chi connectivity index (χ2v) is 9.00. The number of fused-ring (bicyclic) bond motifs is 2. The van der Waals surface area contributed by atoms with E-state index in [2.05, 4.69) is 10.3 Å². The monoisotopic (exact) mass is 398 g/mol. The fraction of sp³-hybridized carbons (Fsp3) is 0.524. The topological polar surface area (TPSA) is 93.0 Å². The van der Waals surface area contributed by atoms with Crippen LogP contribution in [0.15, 0.2) is 30.6 Å². The summed E-state index contributed by atoms with van der Waals surface area (Å²) in [6.45, 7) is 8.15. The molecule has 0 spiro atoms. The molecule has 4 atom stereocenters. The summed E-state index contributed by atoms with van der Waals surface area (Å²) in [5.74, 6) is -0.633. The van der Waals surface area contributed by atoms with Gasteiger partial charge in [-0.05, 0) is 17.5 Å². The number of nitrogens with zero attached hydrogens (tertiary/aromatic N) is 3. The molecule has 2 aromatic rings. The van der Waals surface area contributed by atoms with E-state index in [1.165, 1.54) is 6.20 Å². The quantitative estimate of drug-likeness (QED) is 0.841. The normalized spacial score (nSPS) is 25.3. The Kier molecular flexibility index (Phi) is 4.69. The third kappa shape index (κ3) is 3.31. The highest BCUT2D eigenvalue weighted by atomic mass is 16.5. The van der Waals surface area contributed by atoms with Crippen molar-refractivity contribution in [1.29, 1.82) is 0 Å². The van der Waals surface area contributed by atoms with Crippen LogP contribution < -0.4 is 5.32 Å². The first kappa shape index (κ1) is 19.6. The van der Waals surface area contributed by atoms with Gasteiger partial charge in [-0.3, -0.25) is 18.8 Å². The third-order valence-corrected chi connectivity index (χ3v) is 5.76. The van der Waals surface area contributed by atoms with Gasteiger partial charge < -0.3 is 15.0 Å². The molecule has 2 aliphatic rings. The van der Waals surface area contributed by atoms with Gasteiger partial charge in [-0.15, -0.1) is 0 Å². The zero-order chi connectivity index (χ0) is 20.9. The Morgan fingerprint density at radius 3 is 2.79 bits per heavy atom. The van der Waals surface area contributed by atoms with E-state index in [1.807, 2.05) is 39.8 Å². The molecule has 8 heteroatoms. The summed E-state index contributed by atoms with van der Waals surface area (Å²) in [6, 6.07) is 4.12. The van der Waals surface area contributed by atoms with E-state index >= 15 is 0 Å². The molecular formula is C21H26N4O4. The van der Waals surface area contributed by atoms with Crippen molar-refractivity contribution in [3.8, 4) is 0 Å². The second-order valence-electron chi connectivity index (χ2n) is 9.00. The van der Waals surface area contributed by atoms with E-state index in [1.54, 1.807) is 21.6 Å². The summed E-state index contributed by atoms with van der Waals surface area (Å²) >= 11 is 0. The lowest BCUT2D eigenvalue weighted by Crippen LogP contribution is -2.57. The van der Waals surface area contributed by atoms with E-state index in [-0.39, 0.29) is 36.2 Å². The van der Waals surface area contributed by atoms with Gasteiger partial charge in [0.2, 0.25) is 5.91 Å². The minimum absolute atomic E-state index is 0.0395. The molecule has 2 aromatic heterocycles. The number of carbonyl (C=O) groups excluding carboxylic acids is 3. The number of imidazole rings is 1. The van der Waals surface area contributed by atoms with Gasteiger partial charge in [0.1, 0.15) is 30.0 Å². The first-order chi connectivity index (χ1) is 13.7. The zero-order valence-electron chi connectivity index (χ0n) is 17.1. The minimum Gasteiger partial charge on any atom is -0.367 e. The summed E-state index contributed by atoms with van der Waals surface area (Å²) in [6.07, 6.45) is 2.99. The summed E-state index contributed by atoms with van der Waals surface area (Å²) in [5, 5.41) is 2.89. The maximum Gasteiger partial charge on any atom is 0.270 e. The van der Waals surface area contributed by atoms with Crippen molar-refractivity contribution < 1.29 is 19.1 Å². The number of pyridine rings is 1. The molecule has 0 aromatic carbocycles. The number of hydrogen-bond acceptors (Lipinski definition) is 5. The highest BCUT2D eigenvalue weighted by Crippen LogP contribution is 2.33. The Balaban J connectivity index is 1.61. The maximum atomic E-state index is 13.5. The van der Waals surface area contributed by atoms with Crippen LogP contribution in [-0.4, -0.2) is 63.2 Å². The van der Waals surface area contributed by atoms with E-state index in [9.17, 15) is 14.4 Å². The Bertz CT molecular complexity index is 976. The van der Waals surface area contributed by atoms with Crippen LogP contribution in [0.3, 0.4) is 0 Å². The Morgan fingerprint density at radius 2 is 2.07 bits per heavy atom. The predicted molar refractivity (Wildman–Crippen MR) is 105 cm³/mol. The van der Waals surface area contributed by atoms with Crippen LogP contribution in [0.4, 0.5) is 0 Å². The fourth-order valence-corrected chi connectivity index (χ4v) is 4.24. The first-order valence-electron chi connectivity index (χ1n) is 9.86. The van der Waals surface area contributed by atoms with E-state index in [4.69, 9.17) is 4.74 Å². The lowest BCUT2D eigenvalue weighted by atomic mass is 9.85. The maximum absolute atomic E-state index is 13.5. The van der Waals surface area contributed by atoms with Crippen LogP contribution in [0.25, 0.3) is 5.65 Å². The van der Waals surface area contributed by atoms with Crippen LogP contribution in [0.1, 0.15) is 38.2 Å². The number of amides is 2. The summed E-state index contributed by atoms with van der Waals surface area (Å²) < 4.78 is 7.28. The number of nitrogens with one attached hydrogen (secondary N) is 1. The van der Waals surface area contributed by atoms with Gasteiger partial charge in [-0.1, -0.05) is 33.8 Å². The van der Waals surface area contributed by atoms with Crippen LogP contribution in [0.2, 0.25) is 0 Å². The van der Waals surface area contributed by atoms with E-state index in [0.717, 1.165) is 0 Å². The lowest BCUT2D eigenvalue weighted by Gasteiger charge is -2.34. The van der Waals surface area contributed by atoms with E-state index in [0.29, 0.717) is 17.9 Å². The number of ether oxygens (including phenoxy) is 1. The molecule has 0 saturated carbocycles. The van der Waals surface area contributed by atoms with Crippen molar-refractivity contribution in [2.45, 2.75) is 45.9 Å². The number of hydrogen-bond donors (Lipinski definition) is 1. The van der Waals surface area contributed by atoms with E-state index < -0.39 is 17.5 Å². The molecule has 2 amide bonds. The fourth-order valence-electron chi connectivity index (χ4n) is 4.24. The lowest BCUT2D eigenvalue weighted by molar-refractivity contribution is -0.140. The van der Waals surface area contributed by atoms with Gasteiger partial charge in [-0.25, -0.2) is 4.98 Å². The molecular weight excluding hydrogens is 372 g/mol. The Hall–Kier alpha value is -2.74. The van der Waals surface area contributed by atoms with Crippen LogP contribution in [-0.2, 0) is 14.3 Å². The SMILES string of the molecule is C[C@H]1CN(C(=O)[C@@H](NC(=O)c2cnc3ccccn23)C(C)(C)C)[C@@H]2C(=O)CO[C@@H]21. The summed E-state index contributed by atoms with van der Waals surface area (Å²) in [7, 11) is 0. The number of aromatic nitrogens is 2. The molecule has 8 nitrogen and oxygen atoms in total. The van der Waals surface area contributed by atoms with Crippen molar-refractivity contribution in [2.24, 2.45) is 11.3 Å². The van der Waals surface area contributed by atoms with Crippen LogP contribution in [0, 0.1) is 11.3 Å². The van der Waals surface area contributed by atoms with Crippen molar-refractivity contribution in [1.82, 2.24) is 19.6 Å². The smallest absolute Gasteiger partial charge is 0.270 e. The van der Waals surface area contributed by atoms with Gasteiger partial charge in [0.05, 0.1) is 12.3 Å². The van der Waals surface area contributed by atoms with Crippen molar-refractivity contribution in [3.63, 3.8) is 0 Å². The van der Waals surface area contributed by atoms with Crippen molar-refractivity contribution >= 4 is 23.2 Å². The Labute approximate surface area is 169 Å². The molecule has 0 unspecified atom stereocenters. The number of carbonyl (C=O) groups is 3. The average molecular weight is 398 g/mol. The molecule has 4 rings (SSSR count). The molecule has 1 N–H and O–H groups in total. The van der Waals surface area contributed by atoms with Crippen molar-refractivity contribution in [3.05, 3.63) is 36.3 Å². The summed E-state index contributed by atoms with van der Waals surface area (Å²) in [4.78, 5) is 44.7. The molecule has 2 saturated heterocycles. The third-order valence-electron chi connectivity index (χ3n) is 5.76. The van der Waals surface area contributed by atoms with Gasteiger partial charge in [0, 0.05) is 18.7 Å². The molecule has 4 heterocycles. The number of rotatable bonds is 3. The van der Waals surface area contributed by atoms with Gasteiger partial charge in [0.25, 0.3) is 5.91 Å².